The summed E-state index contributed by atoms with van der Waals surface area (Å²) in [5.74, 6) is -0.118. The number of nitrogens with one attached hydrogen (secondary N) is 1. The number of rotatable bonds is 4. The predicted molar refractivity (Wildman–Crippen MR) is 118 cm³/mol. The summed E-state index contributed by atoms with van der Waals surface area (Å²) in [5.41, 5.74) is 2.41. The number of anilines is 3. The van der Waals surface area contributed by atoms with Gasteiger partial charge in [0.05, 0.1) is 22.8 Å². The largest absolute Gasteiger partial charge is 0.369 e. The summed E-state index contributed by atoms with van der Waals surface area (Å²) in [7, 11) is 0. The maximum Gasteiger partial charge on any atom is 0.269 e. The molecule has 2 aliphatic heterocycles. The van der Waals surface area contributed by atoms with E-state index in [-0.39, 0.29) is 36.5 Å². The summed E-state index contributed by atoms with van der Waals surface area (Å²) in [6.45, 7) is 5.06. The molecule has 0 saturated carbocycles. The number of nitro benzene ring substituents is 1. The van der Waals surface area contributed by atoms with Gasteiger partial charge in [0, 0.05) is 56.5 Å². The highest BCUT2D eigenvalue weighted by atomic mass is 16.6. The van der Waals surface area contributed by atoms with Gasteiger partial charge in [0.1, 0.15) is 0 Å². The van der Waals surface area contributed by atoms with Gasteiger partial charge in [0.25, 0.3) is 5.69 Å². The predicted octanol–water partition coefficient (Wildman–Crippen LogP) is 2.48. The van der Waals surface area contributed by atoms with E-state index < -0.39 is 4.92 Å². The standard InChI is InChI=1S/C22H25N5O4/c1-16-14-21(28)23-19-4-2-3-5-20(19)26(16)22(29)15-24-10-12-25(13-11-24)17-6-8-18(9-7-17)27(30)31/h2-9,16H,10-15H2,1H3,(H,23,28). The van der Waals surface area contributed by atoms with Crippen LogP contribution in [-0.4, -0.2) is 60.4 Å². The molecule has 31 heavy (non-hydrogen) atoms. The lowest BCUT2D eigenvalue weighted by atomic mass is 10.1. The van der Waals surface area contributed by atoms with Gasteiger partial charge < -0.3 is 15.1 Å². The number of nitrogens with zero attached hydrogens (tertiary/aromatic N) is 4. The molecule has 2 heterocycles. The molecule has 0 aliphatic carbocycles. The van der Waals surface area contributed by atoms with Crippen molar-refractivity contribution in [1.29, 1.82) is 0 Å². The normalized spacial score (nSPS) is 19.4. The van der Waals surface area contributed by atoms with Crippen LogP contribution in [0.5, 0.6) is 0 Å². The number of non-ortho nitro benzene ring substituents is 1. The van der Waals surface area contributed by atoms with Crippen LogP contribution in [0.3, 0.4) is 0 Å². The van der Waals surface area contributed by atoms with Crippen molar-refractivity contribution >= 4 is 34.6 Å². The zero-order valence-electron chi connectivity index (χ0n) is 17.4. The van der Waals surface area contributed by atoms with E-state index in [9.17, 15) is 19.7 Å². The summed E-state index contributed by atoms with van der Waals surface area (Å²) in [5, 5.41) is 13.7. The Morgan fingerprint density at radius 2 is 1.77 bits per heavy atom. The second-order valence-corrected chi connectivity index (χ2v) is 7.92. The number of piperazine rings is 1. The Hall–Kier alpha value is -3.46. The van der Waals surface area contributed by atoms with Crippen LogP contribution in [0.4, 0.5) is 22.7 Å². The molecule has 1 unspecified atom stereocenters. The molecule has 1 fully saturated rings. The minimum absolute atomic E-state index is 0.0276. The maximum absolute atomic E-state index is 13.2. The van der Waals surface area contributed by atoms with Gasteiger partial charge in [-0.3, -0.25) is 24.6 Å². The van der Waals surface area contributed by atoms with Gasteiger partial charge >= 0.3 is 0 Å². The molecular weight excluding hydrogens is 398 g/mol. The molecule has 9 heteroatoms. The van der Waals surface area contributed by atoms with Gasteiger partial charge in [-0.05, 0) is 31.2 Å². The fraction of sp³-hybridized carbons (Fsp3) is 0.364. The molecule has 0 spiro atoms. The van der Waals surface area contributed by atoms with Crippen LogP contribution in [-0.2, 0) is 9.59 Å². The van der Waals surface area contributed by atoms with Crippen LogP contribution in [0, 0.1) is 10.1 Å². The summed E-state index contributed by atoms with van der Waals surface area (Å²) in [4.78, 5) is 41.8. The fourth-order valence-corrected chi connectivity index (χ4v) is 4.18. The van der Waals surface area contributed by atoms with Crippen molar-refractivity contribution in [3.63, 3.8) is 0 Å². The van der Waals surface area contributed by atoms with Crippen LogP contribution in [0.1, 0.15) is 13.3 Å². The van der Waals surface area contributed by atoms with Crippen molar-refractivity contribution < 1.29 is 14.5 Å². The molecule has 162 valence electrons. The smallest absolute Gasteiger partial charge is 0.269 e. The zero-order chi connectivity index (χ0) is 22.0. The third kappa shape index (κ3) is 4.51. The molecule has 2 aromatic rings. The number of carbonyl (C=O) groups is 2. The van der Waals surface area contributed by atoms with Gasteiger partial charge in [0.2, 0.25) is 11.8 Å². The molecule has 2 aromatic carbocycles. The van der Waals surface area contributed by atoms with E-state index in [2.05, 4.69) is 15.1 Å². The lowest BCUT2D eigenvalue weighted by Crippen LogP contribution is -2.51. The van der Waals surface area contributed by atoms with Crippen molar-refractivity contribution in [2.45, 2.75) is 19.4 Å². The number of carbonyl (C=O) groups excluding carboxylic acids is 2. The van der Waals surface area contributed by atoms with Crippen LogP contribution in [0.25, 0.3) is 0 Å². The lowest BCUT2D eigenvalue weighted by Gasteiger charge is -2.37. The van der Waals surface area contributed by atoms with Gasteiger partial charge in [-0.1, -0.05) is 12.1 Å². The molecule has 1 saturated heterocycles. The van der Waals surface area contributed by atoms with Crippen LogP contribution in [0.2, 0.25) is 0 Å². The van der Waals surface area contributed by atoms with Crippen LogP contribution in [0.15, 0.2) is 48.5 Å². The van der Waals surface area contributed by atoms with E-state index in [1.54, 1.807) is 17.0 Å². The number of hydrogen-bond donors (Lipinski definition) is 1. The fourth-order valence-electron chi connectivity index (χ4n) is 4.18. The van der Waals surface area contributed by atoms with Gasteiger partial charge in [-0.2, -0.15) is 0 Å². The molecule has 2 aliphatic rings. The second-order valence-electron chi connectivity index (χ2n) is 7.92. The average Bonchev–Trinajstić information content (AvgIpc) is 2.88. The van der Waals surface area contributed by atoms with Gasteiger partial charge in [-0.25, -0.2) is 0 Å². The second kappa shape index (κ2) is 8.73. The van der Waals surface area contributed by atoms with Crippen molar-refractivity contribution in [2.24, 2.45) is 0 Å². The third-order valence-corrected chi connectivity index (χ3v) is 5.78. The Kier molecular flexibility index (Phi) is 5.85. The number of nitro groups is 1. The number of benzene rings is 2. The topological polar surface area (TPSA) is 99.0 Å². The summed E-state index contributed by atoms with van der Waals surface area (Å²) in [6, 6.07) is 13.7. The first kappa shape index (κ1) is 20.8. The molecule has 0 bridgehead atoms. The average molecular weight is 423 g/mol. The monoisotopic (exact) mass is 423 g/mol. The quantitative estimate of drug-likeness (QED) is 0.599. The lowest BCUT2D eigenvalue weighted by molar-refractivity contribution is -0.384. The summed E-state index contributed by atoms with van der Waals surface area (Å²) in [6.07, 6.45) is 0.258. The van der Waals surface area contributed by atoms with Crippen LogP contribution < -0.4 is 15.1 Å². The van der Waals surface area contributed by atoms with Crippen LogP contribution >= 0.6 is 0 Å². The first-order valence-corrected chi connectivity index (χ1v) is 10.3. The first-order chi connectivity index (χ1) is 14.9. The summed E-state index contributed by atoms with van der Waals surface area (Å²) >= 11 is 0. The van der Waals surface area contributed by atoms with E-state index in [0.29, 0.717) is 18.8 Å². The van der Waals surface area contributed by atoms with E-state index >= 15 is 0 Å². The highest BCUT2D eigenvalue weighted by Gasteiger charge is 2.31. The molecule has 1 N–H and O–H groups in total. The molecule has 0 radical (unpaired) electrons. The van der Waals surface area contributed by atoms with E-state index in [1.807, 2.05) is 31.2 Å². The Morgan fingerprint density at radius 1 is 1.10 bits per heavy atom. The maximum atomic E-state index is 13.2. The minimum atomic E-state index is -0.404. The Balaban J connectivity index is 1.40. The van der Waals surface area contributed by atoms with Gasteiger partial charge in [0.15, 0.2) is 0 Å². The first-order valence-electron chi connectivity index (χ1n) is 10.3. The van der Waals surface area contributed by atoms with Crippen molar-refractivity contribution in [3.8, 4) is 0 Å². The number of hydrogen-bond acceptors (Lipinski definition) is 6. The third-order valence-electron chi connectivity index (χ3n) is 5.78. The minimum Gasteiger partial charge on any atom is -0.369 e. The molecule has 4 rings (SSSR count). The summed E-state index contributed by atoms with van der Waals surface area (Å²) < 4.78 is 0. The van der Waals surface area contributed by atoms with E-state index in [4.69, 9.17) is 0 Å². The molecule has 9 nitrogen and oxygen atoms in total. The number of fused-ring (bicyclic) bond motifs is 1. The highest BCUT2D eigenvalue weighted by molar-refractivity contribution is 6.04. The van der Waals surface area contributed by atoms with Crippen molar-refractivity contribution in [2.75, 3.05) is 47.8 Å². The number of para-hydroxylation sites is 2. The molecule has 0 aromatic heterocycles. The molecule has 1 atom stereocenters. The number of amides is 2. The van der Waals surface area contributed by atoms with E-state index in [0.717, 1.165) is 24.5 Å². The molecule has 2 amide bonds. The van der Waals surface area contributed by atoms with Crippen molar-refractivity contribution in [3.05, 3.63) is 58.6 Å². The Bertz CT molecular complexity index is 986. The molecular formula is C22H25N5O4. The van der Waals surface area contributed by atoms with Gasteiger partial charge in [-0.15, -0.1) is 0 Å². The zero-order valence-corrected chi connectivity index (χ0v) is 17.4. The van der Waals surface area contributed by atoms with E-state index in [1.165, 1.54) is 12.1 Å². The Morgan fingerprint density at radius 3 is 2.45 bits per heavy atom. The van der Waals surface area contributed by atoms with Crippen molar-refractivity contribution in [1.82, 2.24) is 4.90 Å². The highest BCUT2D eigenvalue weighted by Crippen LogP contribution is 2.31. The SMILES string of the molecule is CC1CC(=O)Nc2ccccc2N1C(=O)CN1CCN(c2ccc([N+](=O)[O-])cc2)CC1. The Labute approximate surface area is 180 Å².